The van der Waals surface area contributed by atoms with Crippen molar-refractivity contribution in [2.45, 2.75) is 33.4 Å². The summed E-state index contributed by atoms with van der Waals surface area (Å²) in [6, 6.07) is 5.33. The molecule has 19 heavy (non-hydrogen) atoms. The SMILES string of the molecule is Cc1nn(C)cc1-c1cc(F)ccc1CNC(C)C. The zero-order valence-electron chi connectivity index (χ0n) is 11.9. The van der Waals surface area contributed by atoms with Crippen molar-refractivity contribution in [3.05, 3.63) is 41.5 Å². The van der Waals surface area contributed by atoms with Crippen molar-refractivity contribution < 1.29 is 4.39 Å². The van der Waals surface area contributed by atoms with Gasteiger partial charge in [-0.05, 0) is 30.2 Å². The highest BCUT2D eigenvalue weighted by Crippen LogP contribution is 2.27. The van der Waals surface area contributed by atoms with Crippen molar-refractivity contribution in [2.24, 2.45) is 7.05 Å². The average molecular weight is 261 g/mol. The molecular formula is C15H20FN3. The van der Waals surface area contributed by atoms with Crippen LogP contribution in [0.25, 0.3) is 11.1 Å². The molecule has 0 aliphatic carbocycles. The Hall–Kier alpha value is -1.68. The van der Waals surface area contributed by atoms with Crippen molar-refractivity contribution in [3.8, 4) is 11.1 Å². The lowest BCUT2D eigenvalue weighted by molar-refractivity contribution is 0.587. The van der Waals surface area contributed by atoms with Crippen LogP contribution in [0.15, 0.2) is 24.4 Å². The number of hydrogen-bond acceptors (Lipinski definition) is 2. The quantitative estimate of drug-likeness (QED) is 0.916. The number of aryl methyl sites for hydroxylation is 2. The molecule has 0 aliphatic heterocycles. The second kappa shape index (κ2) is 5.53. The molecule has 0 atom stereocenters. The van der Waals surface area contributed by atoms with E-state index in [1.165, 1.54) is 6.07 Å². The second-order valence-electron chi connectivity index (χ2n) is 5.14. The fourth-order valence-corrected chi connectivity index (χ4v) is 2.13. The van der Waals surface area contributed by atoms with Gasteiger partial charge in [-0.25, -0.2) is 4.39 Å². The molecular weight excluding hydrogens is 241 g/mol. The summed E-state index contributed by atoms with van der Waals surface area (Å²) in [7, 11) is 1.88. The number of benzene rings is 1. The highest BCUT2D eigenvalue weighted by Gasteiger charge is 2.12. The van der Waals surface area contributed by atoms with E-state index in [4.69, 9.17) is 0 Å². The average Bonchev–Trinajstić information content (AvgIpc) is 2.66. The van der Waals surface area contributed by atoms with Crippen molar-refractivity contribution in [1.29, 1.82) is 0 Å². The summed E-state index contributed by atoms with van der Waals surface area (Å²) in [5.41, 5.74) is 3.91. The van der Waals surface area contributed by atoms with E-state index < -0.39 is 0 Å². The maximum atomic E-state index is 13.5. The maximum absolute atomic E-state index is 13.5. The minimum atomic E-state index is -0.216. The lowest BCUT2D eigenvalue weighted by Crippen LogP contribution is -2.22. The molecule has 2 rings (SSSR count). The summed E-state index contributed by atoms with van der Waals surface area (Å²) in [6.45, 7) is 6.86. The number of nitrogens with one attached hydrogen (secondary N) is 1. The highest BCUT2D eigenvalue weighted by atomic mass is 19.1. The molecule has 0 fully saturated rings. The van der Waals surface area contributed by atoms with Gasteiger partial charge in [0.1, 0.15) is 5.82 Å². The summed E-state index contributed by atoms with van der Waals surface area (Å²) in [5, 5.41) is 7.70. The molecule has 0 saturated heterocycles. The molecule has 2 aromatic rings. The van der Waals surface area contributed by atoms with Crippen LogP contribution in [0.4, 0.5) is 4.39 Å². The molecule has 3 nitrogen and oxygen atoms in total. The van der Waals surface area contributed by atoms with E-state index in [2.05, 4.69) is 24.3 Å². The normalized spacial score (nSPS) is 11.3. The first-order chi connectivity index (χ1) is 8.97. The molecule has 1 aromatic heterocycles. The summed E-state index contributed by atoms with van der Waals surface area (Å²) in [6.07, 6.45) is 1.93. The van der Waals surface area contributed by atoms with Crippen LogP contribution in [0.3, 0.4) is 0 Å². The predicted molar refractivity (Wildman–Crippen MR) is 75.3 cm³/mol. The van der Waals surface area contributed by atoms with E-state index in [0.29, 0.717) is 6.04 Å². The topological polar surface area (TPSA) is 29.9 Å². The number of halogens is 1. The van der Waals surface area contributed by atoms with Gasteiger partial charge in [-0.3, -0.25) is 4.68 Å². The third kappa shape index (κ3) is 3.20. The van der Waals surface area contributed by atoms with Gasteiger partial charge in [0, 0.05) is 31.4 Å². The summed E-state index contributed by atoms with van der Waals surface area (Å²) in [5.74, 6) is -0.216. The van der Waals surface area contributed by atoms with Crippen molar-refractivity contribution in [3.63, 3.8) is 0 Å². The van der Waals surface area contributed by atoms with Gasteiger partial charge in [0.05, 0.1) is 5.69 Å². The molecule has 0 bridgehead atoms. The predicted octanol–water partition coefficient (Wildman–Crippen LogP) is 3.03. The summed E-state index contributed by atoms with van der Waals surface area (Å²) >= 11 is 0. The zero-order chi connectivity index (χ0) is 14.0. The Labute approximate surface area is 113 Å². The molecule has 4 heteroatoms. The zero-order valence-corrected chi connectivity index (χ0v) is 11.9. The highest BCUT2D eigenvalue weighted by molar-refractivity contribution is 5.69. The Morgan fingerprint density at radius 3 is 2.63 bits per heavy atom. The summed E-state index contributed by atoms with van der Waals surface area (Å²) in [4.78, 5) is 0. The van der Waals surface area contributed by atoms with Crippen molar-refractivity contribution in [1.82, 2.24) is 15.1 Å². The first kappa shape index (κ1) is 13.7. The monoisotopic (exact) mass is 261 g/mol. The van der Waals surface area contributed by atoms with Crippen LogP contribution in [-0.4, -0.2) is 15.8 Å². The van der Waals surface area contributed by atoms with E-state index in [1.807, 2.05) is 26.2 Å². The number of hydrogen-bond donors (Lipinski definition) is 1. The van der Waals surface area contributed by atoms with Crippen LogP contribution in [0.2, 0.25) is 0 Å². The van der Waals surface area contributed by atoms with E-state index in [1.54, 1.807) is 10.7 Å². The van der Waals surface area contributed by atoms with Crippen LogP contribution in [0, 0.1) is 12.7 Å². The van der Waals surface area contributed by atoms with Gasteiger partial charge in [-0.2, -0.15) is 5.10 Å². The van der Waals surface area contributed by atoms with Gasteiger partial charge in [0.15, 0.2) is 0 Å². The fourth-order valence-electron chi connectivity index (χ4n) is 2.13. The lowest BCUT2D eigenvalue weighted by atomic mass is 10.00. The van der Waals surface area contributed by atoms with Gasteiger partial charge in [0.25, 0.3) is 0 Å². The molecule has 0 spiro atoms. The molecule has 0 aliphatic rings. The van der Waals surface area contributed by atoms with E-state index in [9.17, 15) is 4.39 Å². The number of rotatable bonds is 4. The van der Waals surface area contributed by atoms with Crippen LogP contribution in [0.5, 0.6) is 0 Å². The molecule has 0 amide bonds. The summed E-state index contributed by atoms with van der Waals surface area (Å²) < 4.78 is 15.3. The van der Waals surface area contributed by atoms with Gasteiger partial charge in [0.2, 0.25) is 0 Å². The maximum Gasteiger partial charge on any atom is 0.123 e. The molecule has 102 valence electrons. The minimum absolute atomic E-state index is 0.216. The van der Waals surface area contributed by atoms with Crippen LogP contribution >= 0.6 is 0 Å². The van der Waals surface area contributed by atoms with E-state index >= 15 is 0 Å². The minimum Gasteiger partial charge on any atom is -0.310 e. The standard InChI is InChI=1S/C15H20FN3/c1-10(2)17-8-12-5-6-13(16)7-14(12)15-9-19(4)18-11(15)3/h5-7,9-10,17H,8H2,1-4H3. The third-order valence-corrected chi connectivity index (χ3v) is 3.08. The van der Waals surface area contributed by atoms with Crippen molar-refractivity contribution >= 4 is 0 Å². The molecule has 0 radical (unpaired) electrons. The first-order valence-corrected chi connectivity index (χ1v) is 6.50. The molecule has 1 heterocycles. The number of aromatic nitrogens is 2. The van der Waals surface area contributed by atoms with Crippen LogP contribution in [0.1, 0.15) is 25.1 Å². The van der Waals surface area contributed by atoms with Gasteiger partial charge >= 0.3 is 0 Å². The lowest BCUT2D eigenvalue weighted by Gasteiger charge is -2.12. The Kier molecular flexibility index (Phi) is 4.00. The van der Waals surface area contributed by atoms with Gasteiger partial charge in [-0.1, -0.05) is 19.9 Å². The smallest absolute Gasteiger partial charge is 0.123 e. The van der Waals surface area contributed by atoms with Gasteiger partial charge in [-0.15, -0.1) is 0 Å². The largest absolute Gasteiger partial charge is 0.310 e. The Balaban J connectivity index is 2.42. The first-order valence-electron chi connectivity index (χ1n) is 6.50. The van der Waals surface area contributed by atoms with E-state index in [-0.39, 0.29) is 5.82 Å². The van der Waals surface area contributed by atoms with Gasteiger partial charge < -0.3 is 5.32 Å². The molecule has 0 unspecified atom stereocenters. The Morgan fingerprint density at radius 1 is 1.32 bits per heavy atom. The molecule has 1 aromatic carbocycles. The second-order valence-corrected chi connectivity index (χ2v) is 5.14. The molecule has 1 N–H and O–H groups in total. The number of nitrogens with zero attached hydrogens (tertiary/aromatic N) is 2. The van der Waals surface area contributed by atoms with Crippen molar-refractivity contribution in [2.75, 3.05) is 0 Å². The fraction of sp³-hybridized carbons (Fsp3) is 0.400. The van der Waals surface area contributed by atoms with E-state index in [0.717, 1.165) is 28.9 Å². The Morgan fingerprint density at radius 2 is 2.05 bits per heavy atom. The van der Waals surface area contributed by atoms with Crippen LogP contribution < -0.4 is 5.32 Å². The van der Waals surface area contributed by atoms with Crippen LogP contribution in [-0.2, 0) is 13.6 Å². The molecule has 0 saturated carbocycles. The third-order valence-electron chi connectivity index (χ3n) is 3.08. The Bertz CT molecular complexity index is 573.